The summed E-state index contributed by atoms with van der Waals surface area (Å²) in [5.74, 6) is 0.167. The summed E-state index contributed by atoms with van der Waals surface area (Å²) in [5, 5.41) is -0.988. The monoisotopic (exact) mass is 238 g/mol. The third-order valence-corrected chi connectivity index (χ3v) is 1.31. The Hall–Kier alpha value is 0.500. The largest absolute Gasteiger partial charge is 0.300 e. The molecule has 2 nitrogen and oxygen atoms in total. The molecule has 0 N–H and O–H groups in total. The van der Waals surface area contributed by atoms with E-state index in [0.717, 1.165) is 0 Å². The number of rotatable bonds is 0. The van der Waals surface area contributed by atoms with E-state index in [9.17, 15) is 9.59 Å². The van der Waals surface area contributed by atoms with Crippen molar-refractivity contribution in [3.05, 3.63) is 0 Å². The highest BCUT2D eigenvalue weighted by atomic mass is 35.6. The van der Waals surface area contributed by atoms with E-state index >= 15 is 0 Å². The van der Waals surface area contributed by atoms with Gasteiger partial charge in [-0.2, -0.15) is 0 Å². The maximum Gasteiger partial charge on any atom is 0.273 e. The maximum absolute atomic E-state index is 9.83. The predicted molar refractivity (Wildman–Crippen MR) is 47.5 cm³/mol. The van der Waals surface area contributed by atoms with Gasteiger partial charge in [-0.25, -0.2) is 0 Å². The molecule has 0 aromatic carbocycles. The number of ketones is 1. The van der Waals surface area contributed by atoms with Crippen molar-refractivity contribution in [1.29, 1.82) is 0 Å². The SMILES string of the molecule is CC(C)=O.O=C(Cl)C(Cl)(Cl)Cl. The number of hydrogen-bond donors (Lipinski definition) is 0. The molecule has 0 heterocycles. The summed E-state index contributed by atoms with van der Waals surface area (Å²) >= 11 is 19.5. The van der Waals surface area contributed by atoms with E-state index in [2.05, 4.69) is 0 Å². The van der Waals surface area contributed by atoms with E-state index in [-0.39, 0.29) is 5.78 Å². The Morgan fingerprint density at radius 1 is 1.09 bits per heavy atom. The van der Waals surface area contributed by atoms with Crippen molar-refractivity contribution >= 4 is 57.4 Å². The lowest BCUT2D eigenvalue weighted by atomic mass is 10.6. The zero-order valence-corrected chi connectivity index (χ0v) is 8.85. The van der Waals surface area contributed by atoms with Gasteiger partial charge >= 0.3 is 0 Å². The minimum absolute atomic E-state index is 0.167. The van der Waals surface area contributed by atoms with E-state index < -0.39 is 9.03 Å². The minimum atomic E-state index is -1.96. The van der Waals surface area contributed by atoms with E-state index in [1.807, 2.05) is 0 Å². The zero-order valence-electron chi connectivity index (χ0n) is 5.83. The molecule has 6 heteroatoms. The quantitative estimate of drug-likeness (QED) is 0.481. The highest BCUT2D eigenvalue weighted by Crippen LogP contribution is 2.28. The van der Waals surface area contributed by atoms with Crippen LogP contribution in [-0.4, -0.2) is 14.8 Å². The van der Waals surface area contributed by atoms with Gasteiger partial charge in [0.2, 0.25) is 0 Å². The summed E-state index contributed by atoms with van der Waals surface area (Å²) in [7, 11) is 0. The molecule has 0 aliphatic heterocycles. The predicted octanol–water partition coefficient (Wildman–Crippen LogP) is 2.72. The van der Waals surface area contributed by atoms with Gasteiger partial charge in [0.15, 0.2) is 0 Å². The molecule has 11 heavy (non-hydrogen) atoms. The molecule has 0 saturated heterocycles. The molecule has 0 atom stereocenters. The minimum Gasteiger partial charge on any atom is -0.300 e. The Labute approximate surface area is 84.7 Å². The molecule has 0 bridgehead atoms. The van der Waals surface area contributed by atoms with Gasteiger partial charge in [0, 0.05) is 0 Å². The van der Waals surface area contributed by atoms with Crippen molar-refractivity contribution in [2.24, 2.45) is 0 Å². The van der Waals surface area contributed by atoms with Gasteiger partial charge in [-0.3, -0.25) is 4.79 Å². The van der Waals surface area contributed by atoms with Crippen molar-refractivity contribution in [3.63, 3.8) is 0 Å². The van der Waals surface area contributed by atoms with Gasteiger partial charge in [0.1, 0.15) is 5.78 Å². The molecule has 0 spiro atoms. The van der Waals surface area contributed by atoms with Crippen LogP contribution in [0.3, 0.4) is 0 Å². The molecule has 0 aliphatic rings. The standard InChI is InChI=1S/C3H6O.C2Cl4O/c1-3(2)4;3-1(7)2(4,5)6/h1-2H3;. The first-order valence-corrected chi connectivity index (χ1v) is 3.93. The molecule has 0 fully saturated rings. The first-order chi connectivity index (χ1) is 4.68. The van der Waals surface area contributed by atoms with Crippen LogP contribution in [0.4, 0.5) is 0 Å². The summed E-state index contributed by atoms with van der Waals surface area (Å²) in [6.07, 6.45) is 0. The van der Waals surface area contributed by atoms with Crippen LogP contribution in [0.1, 0.15) is 13.8 Å². The molecule has 0 aliphatic carbocycles. The van der Waals surface area contributed by atoms with Gasteiger partial charge < -0.3 is 4.79 Å². The van der Waals surface area contributed by atoms with Crippen LogP contribution in [0.15, 0.2) is 0 Å². The number of hydrogen-bond acceptors (Lipinski definition) is 2. The summed E-state index contributed by atoms with van der Waals surface area (Å²) in [5.41, 5.74) is 0. The summed E-state index contributed by atoms with van der Waals surface area (Å²) in [4.78, 5) is 19.3. The lowest BCUT2D eigenvalue weighted by Gasteiger charge is -1.99. The van der Waals surface area contributed by atoms with Crippen LogP contribution in [0.25, 0.3) is 0 Å². The highest BCUT2D eigenvalue weighted by molar-refractivity contribution is 6.88. The van der Waals surface area contributed by atoms with Crippen molar-refractivity contribution < 1.29 is 9.59 Å². The Balaban J connectivity index is 0. The summed E-state index contributed by atoms with van der Waals surface area (Å²) in [6.45, 7) is 3.06. The van der Waals surface area contributed by atoms with Gasteiger partial charge in [0.25, 0.3) is 9.03 Å². The summed E-state index contributed by atoms with van der Waals surface area (Å²) in [6, 6.07) is 0. The van der Waals surface area contributed by atoms with Gasteiger partial charge in [-0.05, 0) is 25.4 Å². The summed E-state index contributed by atoms with van der Waals surface area (Å²) < 4.78 is -1.96. The Bertz CT molecular complexity index is 145. The second kappa shape index (κ2) is 6.06. The Morgan fingerprint density at radius 2 is 1.18 bits per heavy atom. The Kier molecular flexibility index (Phi) is 7.75. The number of alkyl halides is 3. The zero-order chi connectivity index (χ0) is 9.65. The number of carbonyl (C=O) groups is 2. The second-order valence-corrected chi connectivity index (χ2v) is 4.30. The second-order valence-electron chi connectivity index (χ2n) is 1.68. The van der Waals surface area contributed by atoms with Crippen LogP contribution >= 0.6 is 46.4 Å². The number of halogens is 4. The maximum atomic E-state index is 9.83. The first-order valence-electron chi connectivity index (χ1n) is 2.41. The lowest BCUT2D eigenvalue weighted by Crippen LogP contribution is -2.10. The average molecular weight is 240 g/mol. The number of carbonyl (C=O) groups excluding carboxylic acids is 2. The van der Waals surface area contributed by atoms with Crippen LogP contribution in [0.5, 0.6) is 0 Å². The molecule has 66 valence electrons. The molecule has 0 saturated carbocycles. The average Bonchev–Trinajstić information content (AvgIpc) is 1.59. The Morgan fingerprint density at radius 3 is 1.18 bits per heavy atom. The fraction of sp³-hybridized carbons (Fsp3) is 0.600. The first kappa shape index (κ1) is 14.0. The van der Waals surface area contributed by atoms with Crippen LogP contribution in [-0.2, 0) is 9.59 Å². The van der Waals surface area contributed by atoms with Crippen LogP contribution in [0, 0.1) is 0 Å². The third kappa shape index (κ3) is 18.0. The van der Waals surface area contributed by atoms with E-state index in [0.29, 0.717) is 0 Å². The van der Waals surface area contributed by atoms with E-state index in [1.165, 1.54) is 13.8 Å². The third-order valence-electron chi connectivity index (χ3n) is 0.223. The van der Waals surface area contributed by atoms with Crippen LogP contribution < -0.4 is 0 Å². The van der Waals surface area contributed by atoms with Crippen molar-refractivity contribution in [2.75, 3.05) is 0 Å². The molecule has 0 radical (unpaired) electrons. The highest BCUT2D eigenvalue weighted by Gasteiger charge is 2.27. The number of Topliss-reactive ketones (excluding diaryl/α,β-unsaturated/α-hetero) is 1. The fourth-order valence-electron chi connectivity index (χ4n) is 0. The van der Waals surface area contributed by atoms with Crippen molar-refractivity contribution in [2.45, 2.75) is 17.6 Å². The van der Waals surface area contributed by atoms with Gasteiger partial charge in [-0.15, -0.1) is 0 Å². The molecule has 0 rings (SSSR count). The molecule has 0 aromatic rings. The van der Waals surface area contributed by atoms with E-state index in [1.54, 1.807) is 0 Å². The van der Waals surface area contributed by atoms with Crippen molar-refractivity contribution in [3.8, 4) is 0 Å². The van der Waals surface area contributed by atoms with Gasteiger partial charge in [0.05, 0.1) is 0 Å². The van der Waals surface area contributed by atoms with Crippen molar-refractivity contribution in [1.82, 2.24) is 0 Å². The lowest BCUT2D eigenvalue weighted by molar-refractivity contribution is -0.115. The molecule has 0 unspecified atom stereocenters. The smallest absolute Gasteiger partial charge is 0.273 e. The molecular formula is C5H6Cl4O2. The van der Waals surface area contributed by atoms with E-state index in [4.69, 9.17) is 46.4 Å². The van der Waals surface area contributed by atoms with Gasteiger partial charge in [-0.1, -0.05) is 34.8 Å². The molecule has 0 aromatic heterocycles. The van der Waals surface area contributed by atoms with Crippen LogP contribution in [0.2, 0.25) is 0 Å². The molecule has 0 amide bonds. The fourth-order valence-corrected chi connectivity index (χ4v) is 0. The topological polar surface area (TPSA) is 34.1 Å². The normalized spacial score (nSPS) is 9.64. The molecular weight excluding hydrogens is 234 g/mol.